The van der Waals surface area contributed by atoms with E-state index in [1.54, 1.807) is 0 Å². The van der Waals surface area contributed by atoms with Gasteiger partial charge in [-0.2, -0.15) is 0 Å². The maximum absolute atomic E-state index is 10.9. The molecule has 0 spiro atoms. The molecule has 1 aliphatic rings. The van der Waals surface area contributed by atoms with Crippen molar-refractivity contribution in [1.82, 2.24) is 0 Å². The molecule has 4 aromatic rings. The second-order valence-electron chi connectivity index (χ2n) is 9.71. The van der Waals surface area contributed by atoms with Gasteiger partial charge in [-0.15, -0.1) is 0 Å². The lowest BCUT2D eigenvalue weighted by Gasteiger charge is -2.42. The highest BCUT2D eigenvalue weighted by molar-refractivity contribution is 5.47. The van der Waals surface area contributed by atoms with E-state index in [1.807, 2.05) is 121 Å². The fraction of sp³-hybridized carbons (Fsp3) is 0.273. The minimum Gasteiger partial charge on any atom is -0.387 e. The minimum atomic E-state index is -1.45. The van der Waals surface area contributed by atoms with Crippen molar-refractivity contribution in [2.24, 2.45) is 0 Å². The highest BCUT2D eigenvalue weighted by atomic mass is 16.7. The van der Waals surface area contributed by atoms with Crippen molar-refractivity contribution in [3.8, 4) is 0 Å². The Balaban J connectivity index is 1.41. The van der Waals surface area contributed by atoms with Gasteiger partial charge in [-0.3, -0.25) is 0 Å². The summed E-state index contributed by atoms with van der Waals surface area (Å²) in [7, 11) is 0. The second kappa shape index (κ2) is 12.7. The van der Waals surface area contributed by atoms with Gasteiger partial charge in [-0.25, -0.2) is 0 Å². The Hall–Kier alpha value is -3.36. The topological polar surface area (TPSA) is 88.4 Å². The average Bonchev–Trinajstić information content (AvgIpc) is 3.00. The molecule has 1 fully saturated rings. The van der Waals surface area contributed by atoms with Crippen LogP contribution in [0.3, 0.4) is 0 Å². The minimum absolute atomic E-state index is 0.0673. The maximum atomic E-state index is 10.9. The van der Waals surface area contributed by atoms with E-state index in [-0.39, 0.29) is 13.2 Å². The number of aliphatic hydroxyl groups is 3. The summed E-state index contributed by atoms with van der Waals surface area (Å²) >= 11 is 0. The van der Waals surface area contributed by atoms with Gasteiger partial charge in [0, 0.05) is 0 Å². The Bertz CT molecular complexity index is 1170. The largest absolute Gasteiger partial charge is 0.387 e. The summed E-state index contributed by atoms with van der Waals surface area (Å²) in [4.78, 5) is 0. The normalized spacial score (nSPS) is 23.4. The highest BCUT2D eigenvalue weighted by Crippen LogP contribution is 2.41. The van der Waals surface area contributed by atoms with E-state index >= 15 is 0 Å². The van der Waals surface area contributed by atoms with Gasteiger partial charge in [0.1, 0.15) is 30.0 Å². The molecule has 0 aliphatic carbocycles. The predicted octanol–water partition coefficient (Wildman–Crippen LogP) is 4.06. The van der Waals surface area contributed by atoms with Gasteiger partial charge >= 0.3 is 0 Å². The molecule has 202 valence electrons. The van der Waals surface area contributed by atoms with Crippen LogP contribution in [-0.4, -0.2) is 59.2 Å². The molecular weight excluding hydrogens is 492 g/mol. The third kappa shape index (κ3) is 5.97. The van der Waals surface area contributed by atoms with E-state index in [1.165, 1.54) is 0 Å². The van der Waals surface area contributed by atoms with Crippen LogP contribution in [0.2, 0.25) is 0 Å². The van der Waals surface area contributed by atoms with Crippen molar-refractivity contribution >= 4 is 0 Å². The predicted molar refractivity (Wildman–Crippen MR) is 148 cm³/mol. The smallest absolute Gasteiger partial charge is 0.186 e. The summed E-state index contributed by atoms with van der Waals surface area (Å²) in [5, 5.41) is 32.1. The molecule has 0 aromatic heterocycles. The SMILES string of the molecule is O[C@@H]1[C@@H](O)[C@H](OCCc2ccccc2)O[C@H](COC(c2ccccc2)(c2ccccc2)c2ccccc2)[C@H]1O. The van der Waals surface area contributed by atoms with E-state index in [4.69, 9.17) is 14.2 Å². The zero-order valence-corrected chi connectivity index (χ0v) is 21.6. The van der Waals surface area contributed by atoms with E-state index in [9.17, 15) is 15.3 Å². The number of hydrogen-bond acceptors (Lipinski definition) is 6. The second-order valence-corrected chi connectivity index (χ2v) is 9.71. The summed E-state index contributed by atoms with van der Waals surface area (Å²) in [6.07, 6.45) is -5.65. The Labute approximate surface area is 229 Å². The van der Waals surface area contributed by atoms with E-state index < -0.39 is 36.3 Å². The van der Waals surface area contributed by atoms with Crippen LogP contribution < -0.4 is 0 Å². The molecule has 5 rings (SSSR count). The van der Waals surface area contributed by atoms with E-state index in [0.29, 0.717) is 6.42 Å². The fourth-order valence-electron chi connectivity index (χ4n) is 5.11. The third-order valence-corrected chi connectivity index (χ3v) is 7.19. The number of benzene rings is 4. The standard InChI is InChI=1S/C33H34O6/c34-29-28(39-32(31(36)30(29)35)37-22-21-24-13-5-1-6-14-24)23-38-33(25-15-7-2-8-16-25,26-17-9-3-10-18-26)27-19-11-4-12-20-27/h1-20,28-32,34-36H,21-23H2/t28-,29-,30+,31-,32-/m1/s1. The Morgan fingerprint density at radius 3 is 1.54 bits per heavy atom. The Kier molecular flexibility index (Phi) is 8.84. The van der Waals surface area contributed by atoms with Crippen LogP contribution in [0.4, 0.5) is 0 Å². The van der Waals surface area contributed by atoms with Crippen molar-refractivity contribution < 1.29 is 29.5 Å². The van der Waals surface area contributed by atoms with Crippen LogP contribution >= 0.6 is 0 Å². The van der Waals surface area contributed by atoms with Gasteiger partial charge in [0.15, 0.2) is 6.29 Å². The zero-order chi connectivity index (χ0) is 27.1. The summed E-state index contributed by atoms with van der Waals surface area (Å²) < 4.78 is 18.6. The quantitative estimate of drug-likeness (QED) is 0.270. The van der Waals surface area contributed by atoms with Crippen molar-refractivity contribution in [3.05, 3.63) is 144 Å². The molecule has 0 unspecified atom stereocenters. The molecule has 0 amide bonds. The monoisotopic (exact) mass is 526 g/mol. The molecule has 0 bridgehead atoms. The molecule has 6 heteroatoms. The molecule has 1 aliphatic heterocycles. The van der Waals surface area contributed by atoms with Gasteiger partial charge in [0.2, 0.25) is 0 Å². The summed E-state index contributed by atoms with van der Waals surface area (Å²) in [5.41, 5.74) is 2.79. The van der Waals surface area contributed by atoms with Gasteiger partial charge in [-0.05, 0) is 28.7 Å². The molecule has 1 heterocycles. The number of hydrogen-bond donors (Lipinski definition) is 3. The Morgan fingerprint density at radius 2 is 1.05 bits per heavy atom. The van der Waals surface area contributed by atoms with Gasteiger partial charge in [0.05, 0.1) is 13.2 Å². The first-order valence-electron chi connectivity index (χ1n) is 13.3. The van der Waals surface area contributed by atoms with Gasteiger partial charge in [0.25, 0.3) is 0 Å². The van der Waals surface area contributed by atoms with E-state index in [0.717, 1.165) is 22.3 Å². The van der Waals surface area contributed by atoms with Crippen LogP contribution in [-0.2, 0) is 26.2 Å². The summed E-state index contributed by atoms with van der Waals surface area (Å²) in [6.45, 7) is 0.215. The molecule has 39 heavy (non-hydrogen) atoms. The number of rotatable bonds is 10. The van der Waals surface area contributed by atoms with Crippen LogP contribution in [0.25, 0.3) is 0 Å². The van der Waals surface area contributed by atoms with Crippen LogP contribution in [0.1, 0.15) is 22.3 Å². The first-order chi connectivity index (χ1) is 19.1. The molecule has 5 atom stereocenters. The van der Waals surface area contributed by atoms with Crippen molar-refractivity contribution in [1.29, 1.82) is 0 Å². The maximum Gasteiger partial charge on any atom is 0.186 e. The molecule has 0 radical (unpaired) electrons. The van der Waals surface area contributed by atoms with Crippen LogP contribution in [0.15, 0.2) is 121 Å². The van der Waals surface area contributed by atoms with E-state index in [2.05, 4.69) is 0 Å². The third-order valence-electron chi connectivity index (χ3n) is 7.19. The lowest BCUT2D eigenvalue weighted by atomic mass is 9.80. The molecular formula is C33H34O6. The first-order valence-corrected chi connectivity index (χ1v) is 13.3. The Morgan fingerprint density at radius 1 is 0.590 bits per heavy atom. The summed E-state index contributed by atoms with van der Waals surface area (Å²) in [5.74, 6) is 0. The zero-order valence-electron chi connectivity index (χ0n) is 21.6. The average molecular weight is 527 g/mol. The number of ether oxygens (including phenoxy) is 3. The van der Waals surface area contributed by atoms with Crippen molar-refractivity contribution in [3.63, 3.8) is 0 Å². The van der Waals surface area contributed by atoms with Gasteiger partial charge < -0.3 is 29.5 Å². The highest BCUT2D eigenvalue weighted by Gasteiger charge is 2.46. The fourth-order valence-corrected chi connectivity index (χ4v) is 5.11. The lowest BCUT2D eigenvalue weighted by molar-refractivity contribution is -0.305. The van der Waals surface area contributed by atoms with Gasteiger partial charge in [-0.1, -0.05) is 121 Å². The molecule has 6 nitrogen and oxygen atoms in total. The van der Waals surface area contributed by atoms with Crippen molar-refractivity contribution in [2.75, 3.05) is 13.2 Å². The number of aliphatic hydroxyl groups excluding tert-OH is 3. The molecule has 3 N–H and O–H groups in total. The summed E-state index contributed by atoms with van der Waals surface area (Å²) in [6, 6.07) is 39.5. The van der Waals surface area contributed by atoms with Crippen LogP contribution in [0.5, 0.6) is 0 Å². The molecule has 0 saturated carbocycles. The first kappa shape index (κ1) is 27.2. The molecule has 4 aromatic carbocycles. The molecule has 1 saturated heterocycles. The lowest BCUT2D eigenvalue weighted by Crippen LogP contribution is -2.59. The van der Waals surface area contributed by atoms with Crippen molar-refractivity contribution in [2.45, 2.75) is 42.7 Å². The van der Waals surface area contributed by atoms with Crippen LogP contribution in [0, 0.1) is 0 Å².